The highest BCUT2D eigenvalue weighted by atomic mass is 35.5. The monoisotopic (exact) mass is 457 g/mol. The van der Waals surface area contributed by atoms with Crippen molar-refractivity contribution >= 4 is 40.6 Å². The molecule has 7 nitrogen and oxygen atoms in total. The Bertz CT molecular complexity index is 1210. The van der Waals surface area contributed by atoms with E-state index in [4.69, 9.17) is 28.2 Å². The first-order valence-corrected chi connectivity index (χ1v) is 10.5. The van der Waals surface area contributed by atoms with Crippen molar-refractivity contribution in [2.24, 2.45) is 4.99 Å². The fourth-order valence-electron chi connectivity index (χ4n) is 3.66. The molecule has 0 bridgehead atoms. The zero-order valence-electron chi connectivity index (χ0n) is 17.2. The van der Waals surface area contributed by atoms with Gasteiger partial charge in [0.15, 0.2) is 10.8 Å². The van der Waals surface area contributed by atoms with Gasteiger partial charge in [-0.25, -0.2) is 15.0 Å². The van der Waals surface area contributed by atoms with Gasteiger partial charge >= 0.3 is 0 Å². The average Bonchev–Trinajstić information content (AvgIpc) is 3.10. The van der Waals surface area contributed by atoms with E-state index in [1.165, 1.54) is 0 Å². The van der Waals surface area contributed by atoms with Crippen molar-refractivity contribution in [1.29, 1.82) is 0 Å². The fourth-order valence-corrected chi connectivity index (χ4v) is 4.06. The Morgan fingerprint density at radius 1 is 1.06 bits per heavy atom. The normalized spacial score (nSPS) is 19.6. The summed E-state index contributed by atoms with van der Waals surface area (Å²) in [6.45, 7) is 5.03. The highest BCUT2D eigenvalue weighted by molar-refractivity contribution is 6.32. The average molecular weight is 458 g/mol. The highest BCUT2D eigenvalue weighted by Gasteiger charge is 2.42. The first-order chi connectivity index (χ1) is 14.6. The molecule has 2 aromatic heterocycles. The van der Waals surface area contributed by atoms with Gasteiger partial charge in [0.1, 0.15) is 22.4 Å². The molecule has 0 radical (unpaired) electrons. The van der Waals surface area contributed by atoms with E-state index in [-0.39, 0.29) is 16.1 Å². The zero-order chi connectivity index (χ0) is 22.4. The summed E-state index contributed by atoms with van der Waals surface area (Å²) in [5.74, 6) is 0. The quantitative estimate of drug-likeness (QED) is 0.557. The number of hydrogen-bond acceptors (Lipinski definition) is 7. The van der Waals surface area contributed by atoms with E-state index in [9.17, 15) is 10.2 Å². The maximum atomic E-state index is 10.8. The minimum absolute atomic E-state index is 0.0557. The second-order valence-electron chi connectivity index (χ2n) is 8.21. The largest absolute Gasteiger partial charge is 0.390 e. The number of nitrogens with zero attached hydrogens (tertiary/aromatic N) is 5. The van der Waals surface area contributed by atoms with Crippen molar-refractivity contribution in [3.63, 3.8) is 0 Å². The van der Waals surface area contributed by atoms with Crippen LogP contribution in [0.5, 0.6) is 0 Å². The van der Waals surface area contributed by atoms with E-state index in [1.807, 2.05) is 30.3 Å². The summed E-state index contributed by atoms with van der Waals surface area (Å²) in [6.07, 6.45) is 2.81. The number of aliphatic imine (C=N–C) groups is 1. The maximum absolute atomic E-state index is 10.8. The molecule has 2 N–H and O–H groups in total. The molecule has 2 atom stereocenters. The Balaban J connectivity index is 1.97. The number of hydrogen-bond donors (Lipinski definition) is 2. The number of aliphatic hydroxyl groups excluding tert-OH is 1. The van der Waals surface area contributed by atoms with Gasteiger partial charge in [0, 0.05) is 18.2 Å². The summed E-state index contributed by atoms with van der Waals surface area (Å²) >= 11 is 12.6. The molecule has 0 fully saturated rings. The van der Waals surface area contributed by atoms with Crippen LogP contribution in [0.2, 0.25) is 10.4 Å². The van der Waals surface area contributed by atoms with Crippen LogP contribution in [0.1, 0.15) is 32.9 Å². The number of fused-ring (bicyclic) bond motifs is 1. The molecular formula is C22H21Cl2N5O2. The molecular weight excluding hydrogens is 437 g/mol. The molecule has 9 heteroatoms. The molecule has 1 aliphatic heterocycles. The molecule has 3 aromatic rings. The summed E-state index contributed by atoms with van der Waals surface area (Å²) in [7, 11) is 0. The summed E-state index contributed by atoms with van der Waals surface area (Å²) < 4.78 is 0. The Hall–Kier alpha value is -2.45. The Labute approximate surface area is 189 Å². The lowest BCUT2D eigenvalue weighted by atomic mass is 9.87. The molecule has 0 spiro atoms. The molecule has 31 heavy (non-hydrogen) atoms. The van der Waals surface area contributed by atoms with E-state index in [1.54, 1.807) is 33.1 Å². The topological polar surface area (TPSA) is 104 Å². The van der Waals surface area contributed by atoms with Crippen LogP contribution in [0, 0.1) is 0 Å². The molecule has 4 rings (SSSR count). The Kier molecular flexibility index (Phi) is 5.55. The first kappa shape index (κ1) is 21.8. The second kappa shape index (κ2) is 7.91. The van der Waals surface area contributed by atoms with Crippen LogP contribution in [-0.2, 0) is 5.54 Å². The molecule has 160 valence electrons. The predicted octanol–water partition coefficient (Wildman–Crippen LogP) is 4.14. The molecule has 0 saturated carbocycles. The van der Waals surface area contributed by atoms with Crippen LogP contribution in [0.15, 0.2) is 47.0 Å². The van der Waals surface area contributed by atoms with Crippen LogP contribution < -0.4 is 0 Å². The van der Waals surface area contributed by atoms with E-state index in [0.29, 0.717) is 23.3 Å². The van der Waals surface area contributed by atoms with E-state index < -0.39 is 17.2 Å². The number of aromatic nitrogens is 4. The van der Waals surface area contributed by atoms with Crippen molar-refractivity contribution < 1.29 is 10.2 Å². The number of rotatable bonds is 5. The summed E-state index contributed by atoms with van der Waals surface area (Å²) in [4.78, 5) is 22.3. The number of halogens is 2. The third-order valence-corrected chi connectivity index (χ3v) is 5.44. The van der Waals surface area contributed by atoms with Crippen LogP contribution in [0.3, 0.4) is 0 Å². The van der Waals surface area contributed by atoms with Gasteiger partial charge in [-0.2, -0.15) is 4.98 Å². The van der Waals surface area contributed by atoms with Gasteiger partial charge in [-0.3, -0.25) is 4.99 Å². The van der Waals surface area contributed by atoms with Gasteiger partial charge in [0.25, 0.3) is 0 Å². The van der Waals surface area contributed by atoms with E-state index >= 15 is 0 Å². The fraction of sp³-hybridized carbons (Fsp3) is 0.318. The molecule has 3 heterocycles. The van der Waals surface area contributed by atoms with Gasteiger partial charge in [-0.05, 0) is 44.0 Å². The molecule has 2 unspecified atom stereocenters. The Morgan fingerprint density at radius 3 is 2.42 bits per heavy atom. The van der Waals surface area contributed by atoms with Crippen LogP contribution in [0.4, 0.5) is 0 Å². The lowest BCUT2D eigenvalue weighted by Crippen LogP contribution is -2.34. The second-order valence-corrected chi connectivity index (χ2v) is 8.91. The lowest BCUT2D eigenvalue weighted by molar-refractivity contribution is 0.0820. The smallest absolute Gasteiger partial charge is 0.224 e. The van der Waals surface area contributed by atoms with E-state index in [0.717, 1.165) is 11.1 Å². The number of aliphatic hydroxyl groups is 2. The Morgan fingerprint density at radius 2 is 1.77 bits per heavy atom. The molecule has 0 saturated heterocycles. The van der Waals surface area contributed by atoms with Gasteiger partial charge in [-0.1, -0.05) is 41.9 Å². The van der Waals surface area contributed by atoms with E-state index in [2.05, 4.69) is 19.9 Å². The SMILES string of the molecule is CC(O)C1(c2nc(Cl)nc3nc(Cl)c(-c4ccccc4)nc23)C=C(CC(C)(C)O)C=N1. The first-order valence-electron chi connectivity index (χ1n) is 9.73. The number of benzene rings is 1. The third kappa shape index (κ3) is 4.19. The molecule has 1 aromatic carbocycles. The third-order valence-electron chi connectivity index (χ3n) is 5.01. The minimum atomic E-state index is -1.25. The van der Waals surface area contributed by atoms with Crippen molar-refractivity contribution in [3.05, 3.63) is 58.1 Å². The summed E-state index contributed by atoms with van der Waals surface area (Å²) in [5, 5.41) is 21.1. The standard InChI is InChI=1S/C22H21Cl2N5O2/c1-12(30)22(10-13(11-25-22)9-21(2,3)31)17-16-19(29-20(24)27-17)28-18(23)15(26-16)14-7-5-4-6-8-14/h4-8,10-12,30-31H,9H2,1-3H3. The van der Waals surface area contributed by atoms with Gasteiger partial charge in [0.2, 0.25) is 5.28 Å². The van der Waals surface area contributed by atoms with Gasteiger partial charge in [-0.15, -0.1) is 0 Å². The molecule has 0 amide bonds. The van der Waals surface area contributed by atoms with Crippen molar-refractivity contribution in [2.45, 2.75) is 44.4 Å². The van der Waals surface area contributed by atoms with Gasteiger partial charge in [0.05, 0.1) is 11.7 Å². The van der Waals surface area contributed by atoms with Crippen molar-refractivity contribution in [2.75, 3.05) is 0 Å². The summed E-state index contributed by atoms with van der Waals surface area (Å²) in [6, 6.07) is 9.39. The van der Waals surface area contributed by atoms with Crippen molar-refractivity contribution in [1.82, 2.24) is 19.9 Å². The highest BCUT2D eigenvalue weighted by Crippen LogP contribution is 2.40. The predicted molar refractivity (Wildman–Crippen MR) is 121 cm³/mol. The maximum Gasteiger partial charge on any atom is 0.224 e. The van der Waals surface area contributed by atoms with Crippen LogP contribution in [-0.4, -0.2) is 48.1 Å². The van der Waals surface area contributed by atoms with Crippen LogP contribution in [0.25, 0.3) is 22.4 Å². The molecule has 1 aliphatic rings. The molecule has 0 aliphatic carbocycles. The van der Waals surface area contributed by atoms with Crippen molar-refractivity contribution in [3.8, 4) is 11.3 Å². The minimum Gasteiger partial charge on any atom is -0.390 e. The lowest BCUT2D eigenvalue weighted by Gasteiger charge is -2.27. The van der Waals surface area contributed by atoms with Gasteiger partial charge < -0.3 is 10.2 Å². The van der Waals surface area contributed by atoms with Crippen LogP contribution >= 0.6 is 23.2 Å². The zero-order valence-corrected chi connectivity index (χ0v) is 18.7. The summed E-state index contributed by atoms with van der Waals surface area (Å²) in [5.41, 5.74) is 0.689.